The third-order valence-electron chi connectivity index (χ3n) is 10.5. The van der Waals surface area contributed by atoms with Gasteiger partial charge in [-0.2, -0.15) is 0 Å². The van der Waals surface area contributed by atoms with Crippen LogP contribution in [0.25, 0.3) is 0 Å². The van der Waals surface area contributed by atoms with Crippen LogP contribution in [0.15, 0.2) is 133 Å². The molecule has 0 radical (unpaired) electrons. The van der Waals surface area contributed by atoms with Gasteiger partial charge in [0, 0.05) is 29.5 Å². The molecule has 5 aromatic rings. The third kappa shape index (κ3) is 8.22. The first kappa shape index (κ1) is 37.7. The van der Waals surface area contributed by atoms with Crippen molar-refractivity contribution in [3.8, 4) is 0 Å². The summed E-state index contributed by atoms with van der Waals surface area (Å²) in [5.74, 6) is -1.19. The Bertz CT molecular complexity index is 2210. The lowest BCUT2D eigenvalue weighted by Crippen LogP contribution is -2.47. The smallest absolute Gasteiger partial charge is 0.332 e. The summed E-state index contributed by atoms with van der Waals surface area (Å²) in [6.45, 7) is 2.02. The van der Waals surface area contributed by atoms with E-state index < -0.39 is 34.9 Å². The van der Waals surface area contributed by atoms with Crippen LogP contribution in [-0.4, -0.2) is 39.6 Å². The van der Waals surface area contributed by atoms with E-state index in [-0.39, 0.29) is 30.6 Å². The Kier molecular flexibility index (Phi) is 11.3. The Labute approximate surface area is 325 Å². The molecule has 1 saturated heterocycles. The SMILES string of the molecule is Cc1ccc(N2C(=O)N(Cc3ccccc3)C(=O)C2c2cccc(N(C(=O)Cc3ccc([N+](=O)[O-])cc3)C(C(=O)NC3CCCCC3)c3ccccc3)c2)cc1. The Balaban J connectivity index is 1.32. The van der Waals surface area contributed by atoms with E-state index in [4.69, 9.17) is 0 Å². The molecule has 0 spiro atoms. The molecular formula is C45H43N5O6. The number of urea groups is 1. The van der Waals surface area contributed by atoms with Crippen LogP contribution < -0.4 is 15.1 Å². The van der Waals surface area contributed by atoms with Gasteiger partial charge >= 0.3 is 6.03 Å². The molecule has 7 rings (SSSR count). The first-order valence-electron chi connectivity index (χ1n) is 18.9. The van der Waals surface area contributed by atoms with E-state index in [1.165, 1.54) is 39.0 Å². The van der Waals surface area contributed by atoms with Crippen molar-refractivity contribution < 1.29 is 24.1 Å². The van der Waals surface area contributed by atoms with E-state index in [1.54, 1.807) is 36.4 Å². The topological polar surface area (TPSA) is 133 Å². The standard InChI is InChI=1S/C45H43N5O6/c1-31-20-24-37(25-21-31)49-42(44(53)47(45(49)54)30-33-12-5-2-6-13-33)35-16-11-19-39(29-35)48(40(51)28-32-22-26-38(27-23-32)50(55)56)41(34-14-7-3-8-15-34)43(52)46-36-17-9-4-10-18-36/h2-3,5-8,11-16,19-27,29,36,41-42H,4,9-10,17-18,28,30H2,1H3,(H,46,52). The summed E-state index contributed by atoms with van der Waals surface area (Å²) in [6.07, 6.45) is 4.62. The van der Waals surface area contributed by atoms with E-state index >= 15 is 0 Å². The van der Waals surface area contributed by atoms with Crippen LogP contribution in [0.3, 0.4) is 0 Å². The van der Waals surface area contributed by atoms with Crippen molar-refractivity contribution in [2.75, 3.05) is 9.80 Å². The fraction of sp³-hybridized carbons (Fsp3) is 0.244. The summed E-state index contributed by atoms with van der Waals surface area (Å²) < 4.78 is 0. The lowest BCUT2D eigenvalue weighted by Gasteiger charge is -2.34. The number of amides is 5. The number of non-ortho nitro benzene ring substituents is 1. The van der Waals surface area contributed by atoms with Gasteiger partial charge < -0.3 is 5.32 Å². The second-order valence-corrected chi connectivity index (χ2v) is 14.4. The van der Waals surface area contributed by atoms with Crippen molar-refractivity contribution in [2.45, 2.75) is 70.1 Å². The van der Waals surface area contributed by atoms with Gasteiger partial charge in [0.2, 0.25) is 11.8 Å². The first-order valence-corrected chi connectivity index (χ1v) is 18.9. The number of rotatable bonds is 12. The van der Waals surface area contributed by atoms with Crippen LogP contribution in [0.4, 0.5) is 21.9 Å². The number of hydrogen-bond acceptors (Lipinski definition) is 6. The second kappa shape index (κ2) is 16.8. The predicted molar refractivity (Wildman–Crippen MR) is 214 cm³/mol. The fourth-order valence-electron chi connectivity index (χ4n) is 7.62. The Morgan fingerprint density at radius 1 is 0.804 bits per heavy atom. The Hall–Kier alpha value is -6.62. The van der Waals surface area contributed by atoms with E-state index in [0.29, 0.717) is 28.1 Å². The molecule has 2 aliphatic rings. The quantitative estimate of drug-likeness (QED) is 0.0774. The molecule has 1 N–H and O–H groups in total. The average Bonchev–Trinajstić information content (AvgIpc) is 3.46. The van der Waals surface area contributed by atoms with Crippen molar-refractivity contribution in [3.63, 3.8) is 0 Å². The molecule has 5 aromatic carbocycles. The zero-order chi connectivity index (χ0) is 39.2. The van der Waals surface area contributed by atoms with E-state index in [0.717, 1.165) is 43.2 Å². The molecule has 1 aliphatic carbocycles. The highest BCUT2D eigenvalue weighted by molar-refractivity contribution is 6.14. The van der Waals surface area contributed by atoms with Crippen LogP contribution in [0.1, 0.15) is 72.0 Å². The van der Waals surface area contributed by atoms with Crippen molar-refractivity contribution in [2.24, 2.45) is 0 Å². The zero-order valence-electron chi connectivity index (χ0n) is 31.1. The van der Waals surface area contributed by atoms with Gasteiger partial charge in [-0.3, -0.25) is 39.2 Å². The van der Waals surface area contributed by atoms with Crippen molar-refractivity contribution >= 4 is 40.8 Å². The van der Waals surface area contributed by atoms with Crippen molar-refractivity contribution in [1.82, 2.24) is 10.2 Å². The van der Waals surface area contributed by atoms with Gasteiger partial charge in [-0.25, -0.2) is 4.79 Å². The largest absolute Gasteiger partial charge is 0.351 e. The van der Waals surface area contributed by atoms with Crippen molar-refractivity contribution in [1.29, 1.82) is 0 Å². The number of carbonyl (C=O) groups excluding carboxylic acids is 4. The molecule has 0 aromatic heterocycles. The minimum Gasteiger partial charge on any atom is -0.351 e. The molecule has 284 valence electrons. The number of nitro groups is 1. The zero-order valence-corrected chi connectivity index (χ0v) is 31.1. The van der Waals surface area contributed by atoms with Crippen molar-refractivity contribution in [3.05, 3.63) is 171 Å². The highest BCUT2D eigenvalue weighted by Crippen LogP contribution is 2.39. The van der Waals surface area contributed by atoms with Crippen LogP contribution in [0.2, 0.25) is 0 Å². The van der Waals surface area contributed by atoms with Crippen LogP contribution >= 0.6 is 0 Å². The number of aryl methyl sites for hydroxylation is 1. The number of hydrogen-bond donors (Lipinski definition) is 1. The molecule has 1 saturated carbocycles. The van der Waals surface area contributed by atoms with Gasteiger partial charge in [0.1, 0.15) is 12.1 Å². The summed E-state index contributed by atoms with van der Waals surface area (Å²) in [6, 6.07) is 35.8. The van der Waals surface area contributed by atoms with E-state index in [9.17, 15) is 29.3 Å². The van der Waals surface area contributed by atoms with Crippen LogP contribution in [-0.2, 0) is 27.3 Å². The highest BCUT2D eigenvalue weighted by Gasteiger charge is 2.47. The summed E-state index contributed by atoms with van der Waals surface area (Å²) in [7, 11) is 0. The maximum absolute atomic E-state index is 14.7. The molecule has 2 unspecified atom stereocenters. The lowest BCUT2D eigenvalue weighted by molar-refractivity contribution is -0.384. The lowest BCUT2D eigenvalue weighted by atomic mass is 9.94. The minimum absolute atomic E-state index is 0.0405. The second-order valence-electron chi connectivity index (χ2n) is 14.4. The normalized spacial score (nSPS) is 16.4. The van der Waals surface area contributed by atoms with Gasteiger partial charge in [0.25, 0.3) is 11.6 Å². The molecule has 11 nitrogen and oxygen atoms in total. The monoisotopic (exact) mass is 749 g/mol. The summed E-state index contributed by atoms with van der Waals surface area (Å²) in [4.78, 5) is 73.0. The Morgan fingerprint density at radius 2 is 1.46 bits per heavy atom. The van der Waals surface area contributed by atoms with Gasteiger partial charge in [0.05, 0.1) is 17.9 Å². The first-order chi connectivity index (χ1) is 27.2. The molecule has 5 amide bonds. The number of imide groups is 1. The molecule has 11 heteroatoms. The maximum atomic E-state index is 14.7. The highest BCUT2D eigenvalue weighted by atomic mass is 16.6. The van der Waals surface area contributed by atoms with Crippen LogP contribution in [0, 0.1) is 17.0 Å². The number of nitrogens with one attached hydrogen (secondary N) is 1. The van der Waals surface area contributed by atoms with Gasteiger partial charge in [-0.05, 0) is 66.3 Å². The van der Waals surface area contributed by atoms with Crippen LogP contribution in [0.5, 0.6) is 0 Å². The minimum atomic E-state index is -1.09. The number of nitrogens with zero attached hydrogens (tertiary/aromatic N) is 4. The molecule has 2 fully saturated rings. The van der Waals surface area contributed by atoms with E-state index in [2.05, 4.69) is 5.32 Å². The van der Waals surface area contributed by atoms with Gasteiger partial charge in [-0.1, -0.05) is 122 Å². The fourth-order valence-corrected chi connectivity index (χ4v) is 7.62. The number of carbonyl (C=O) groups is 4. The summed E-state index contributed by atoms with van der Waals surface area (Å²) in [5, 5.41) is 14.6. The average molecular weight is 750 g/mol. The Morgan fingerprint density at radius 3 is 2.12 bits per heavy atom. The summed E-state index contributed by atoms with van der Waals surface area (Å²) >= 11 is 0. The molecule has 1 heterocycles. The third-order valence-corrected chi connectivity index (χ3v) is 10.5. The maximum Gasteiger partial charge on any atom is 0.332 e. The molecule has 56 heavy (non-hydrogen) atoms. The number of anilines is 2. The summed E-state index contributed by atoms with van der Waals surface area (Å²) in [5.41, 5.74) is 4.16. The molecular weight excluding hydrogens is 707 g/mol. The number of benzene rings is 5. The van der Waals surface area contributed by atoms with Gasteiger partial charge in [0.15, 0.2) is 0 Å². The molecule has 0 bridgehead atoms. The van der Waals surface area contributed by atoms with E-state index in [1.807, 2.05) is 79.7 Å². The molecule has 2 atom stereocenters. The number of nitro benzene ring substituents is 1. The van der Waals surface area contributed by atoms with Gasteiger partial charge in [-0.15, -0.1) is 0 Å². The molecule has 1 aliphatic heterocycles. The predicted octanol–water partition coefficient (Wildman–Crippen LogP) is 8.38.